The molecular weight excluding hydrogens is 283 g/mol. The lowest BCUT2D eigenvalue weighted by atomic mass is 9.89. The first-order valence-electron chi connectivity index (χ1n) is 7.19. The molecule has 0 fully saturated rings. The maximum atomic E-state index is 13.8. The van der Waals surface area contributed by atoms with Gasteiger partial charge < -0.3 is 9.84 Å². The minimum atomic E-state index is -0.991. The van der Waals surface area contributed by atoms with Crippen LogP contribution in [0.5, 0.6) is 5.75 Å². The second-order valence-corrected chi connectivity index (χ2v) is 5.12. The zero-order chi connectivity index (χ0) is 16.1. The first-order chi connectivity index (χ1) is 10.6. The van der Waals surface area contributed by atoms with Crippen molar-refractivity contribution in [2.75, 3.05) is 7.11 Å². The third kappa shape index (κ3) is 3.45. The largest absolute Gasteiger partial charge is 0.496 e. The Balaban J connectivity index is 2.44. The van der Waals surface area contributed by atoms with Crippen molar-refractivity contribution in [3.05, 3.63) is 65.0 Å². The maximum Gasteiger partial charge on any atom is 0.311 e. The van der Waals surface area contributed by atoms with Crippen LogP contribution in [0.1, 0.15) is 29.5 Å². The van der Waals surface area contributed by atoms with Crippen LogP contribution in [0.25, 0.3) is 0 Å². The first-order valence-corrected chi connectivity index (χ1v) is 7.19. The van der Waals surface area contributed by atoms with E-state index in [1.165, 1.54) is 13.2 Å². The van der Waals surface area contributed by atoms with Crippen LogP contribution in [0.2, 0.25) is 0 Å². The minimum absolute atomic E-state index is 0.0888. The number of ether oxygens (including phenoxy) is 1. The topological polar surface area (TPSA) is 46.5 Å². The van der Waals surface area contributed by atoms with E-state index in [1.54, 1.807) is 24.3 Å². The van der Waals surface area contributed by atoms with Crippen molar-refractivity contribution < 1.29 is 19.0 Å². The number of carboxylic acids is 1. The van der Waals surface area contributed by atoms with Gasteiger partial charge in [0, 0.05) is 5.56 Å². The Morgan fingerprint density at radius 1 is 1.27 bits per heavy atom. The standard InChI is InChI=1S/C18H19FO3/c1-3-12-8-9-17(22-2)14(10-12)15(18(20)21)11-13-6-4-5-7-16(13)19/h4-10,15H,3,11H2,1-2H3,(H,20,21). The molecule has 0 bridgehead atoms. The summed E-state index contributed by atoms with van der Waals surface area (Å²) in [7, 11) is 1.51. The number of hydrogen-bond acceptors (Lipinski definition) is 2. The molecule has 2 aromatic carbocycles. The van der Waals surface area contributed by atoms with E-state index in [0.717, 1.165) is 12.0 Å². The number of benzene rings is 2. The van der Waals surface area contributed by atoms with E-state index in [2.05, 4.69) is 0 Å². The molecule has 0 aliphatic rings. The number of halogens is 1. The smallest absolute Gasteiger partial charge is 0.311 e. The van der Waals surface area contributed by atoms with Crippen LogP contribution in [0, 0.1) is 5.82 Å². The van der Waals surface area contributed by atoms with Gasteiger partial charge in [0.1, 0.15) is 11.6 Å². The van der Waals surface area contributed by atoms with E-state index >= 15 is 0 Å². The summed E-state index contributed by atoms with van der Waals surface area (Å²) in [5, 5.41) is 9.58. The summed E-state index contributed by atoms with van der Waals surface area (Å²) in [4.78, 5) is 11.7. The lowest BCUT2D eigenvalue weighted by molar-refractivity contribution is -0.138. The molecule has 2 aromatic rings. The van der Waals surface area contributed by atoms with E-state index < -0.39 is 11.9 Å². The molecule has 0 heterocycles. The number of carboxylic acid groups (broad SMARTS) is 1. The average Bonchev–Trinajstić information content (AvgIpc) is 2.53. The highest BCUT2D eigenvalue weighted by molar-refractivity contribution is 5.78. The van der Waals surface area contributed by atoms with Crippen LogP contribution >= 0.6 is 0 Å². The summed E-state index contributed by atoms with van der Waals surface area (Å²) >= 11 is 0. The Labute approximate surface area is 129 Å². The fourth-order valence-corrected chi connectivity index (χ4v) is 2.49. The number of rotatable bonds is 6. The predicted molar refractivity (Wildman–Crippen MR) is 82.9 cm³/mol. The van der Waals surface area contributed by atoms with Crippen molar-refractivity contribution >= 4 is 5.97 Å². The fourth-order valence-electron chi connectivity index (χ4n) is 2.49. The van der Waals surface area contributed by atoms with Gasteiger partial charge >= 0.3 is 5.97 Å². The van der Waals surface area contributed by atoms with Gasteiger partial charge in [0.05, 0.1) is 13.0 Å². The molecule has 0 saturated heterocycles. The number of carbonyl (C=O) groups is 1. The molecule has 1 unspecified atom stereocenters. The van der Waals surface area contributed by atoms with Gasteiger partial charge in [0.2, 0.25) is 0 Å². The van der Waals surface area contributed by atoms with Crippen molar-refractivity contribution in [1.29, 1.82) is 0 Å². The second-order valence-electron chi connectivity index (χ2n) is 5.12. The summed E-state index contributed by atoms with van der Waals surface area (Å²) in [5.74, 6) is -1.71. The van der Waals surface area contributed by atoms with Crippen molar-refractivity contribution in [1.82, 2.24) is 0 Å². The number of aliphatic carboxylic acids is 1. The van der Waals surface area contributed by atoms with E-state index in [1.807, 2.05) is 19.1 Å². The lowest BCUT2D eigenvalue weighted by Crippen LogP contribution is -2.16. The number of hydrogen-bond donors (Lipinski definition) is 1. The van der Waals surface area contributed by atoms with E-state index in [4.69, 9.17) is 4.74 Å². The molecule has 116 valence electrons. The number of aryl methyl sites for hydroxylation is 1. The molecule has 0 aliphatic carbocycles. The van der Waals surface area contributed by atoms with Gasteiger partial charge in [-0.05, 0) is 36.1 Å². The predicted octanol–water partition coefficient (Wildman–Crippen LogP) is 3.81. The fraction of sp³-hybridized carbons (Fsp3) is 0.278. The van der Waals surface area contributed by atoms with Gasteiger partial charge in [0.25, 0.3) is 0 Å². The first kappa shape index (κ1) is 16.0. The van der Waals surface area contributed by atoms with Gasteiger partial charge in [-0.3, -0.25) is 4.79 Å². The van der Waals surface area contributed by atoms with Gasteiger partial charge in [-0.15, -0.1) is 0 Å². The molecule has 1 atom stereocenters. The van der Waals surface area contributed by atoms with Gasteiger partial charge in [-0.2, -0.15) is 0 Å². The Bertz CT molecular complexity index is 667. The van der Waals surface area contributed by atoms with Crippen LogP contribution in [0.4, 0.5) is 4.39 Å². The SMILES string of the molecule is CCc1ccc(OC)c(C(Cc2ccccc2F)C(=O)O)c1. The summed E-state index contributed by atoms with van der Waals surface area (Å²) < 4.78 is 19.1. The molecule has 0 aliphatic heterocycles. The van der Waals surface area contributed by atoms with Crippen LogP contribution in [0.15, 0.2) is 42.5 Å². The molecule has 2 rings (SSSR count). The van der Waals surface area contributed by atoms with Crippen LogP contribution in [-0.2, 0) is 17.6 Å². The minimum Gasteiger partial charge on any atom is -0.496 e. The summed E-state index contributed by atoms with van der Waals surface area (Å²) in [5.41, 5.74) is 1.99. The summed E-state index contributed by atoms with van der Waals surface area (Å²) in [6.45, 7) is 2.00. The molecule has 1 N–H and O–H groups in total. The zero-order valence-electron chi connectivity index (χ0n) is 12.7. The molecule has 3 nitrogen and oxygen atoms in total. The van der Waals surface area contributed by atoms with Crippen LogP contribution in [-0.4, -0.2) is 18.2 Å². The highest BCUT2D eigenvalue weighted by atomic mass is 19.1. The van der Waals surface area contributed by atoms with Gasteiger partial charge in [0.15, 0.2) is 0 Å². The number of methoxy groups -OCH3 is 1. The molecule has 0 spiro atoms. The molecular formula is C18H19FO3. The molecule has 0 amide bonds. The van der Waals surface area contributed by atoms with Crippen molar-refractivity contribution in [2.45, 2.75) is 25.7 Å². The molecule has 4 heteroatoms. The summed E-state index contributed by atoms with van der Waals surface area (Å²) in [6, 6.07) is 11.8. The zero-order valence-corrected chi connectivity index (χ0v) is 12.7. The highest BCUT2D eigenvalue weighted by Crippen LogP contribution is 2.31. The molecule has 0 saturated carbocycles. The normalized spacial score (nSPS) is 12.0. The second kappa shape index (κ2) is 7.07. The molecule has 0 aromatic heterocycles. The lowest BCUT2D eigenvalue weighted by Gasteiger charge is -2.17. The molecule has 0 radical (unpaired) electrons. The maximum absolute atomic E-state index is 13.8. The Hall–Kier alpha value is -2.36. The van der Waals surface area contributed by atoms with E-state index in [9.17, 15) is 14.3 Å². The third-order valence-electron chi connectivity index (χ3n) is 3.76. The Morgan fingerprint density at radius 3 is 2.59 bits per heavy atom. The van der Waals surface area contributed by atoms with Crippen LogP contribution in [0.3, 0.4) is 0 Å². The van der Waals surface area contributed by atoms with Crippen LogP contribution < -0.4 is 4.74 Å². The van der Waals surface area contributed by atoms with Gasteiger partial charge in [-0.1, -0.05) is 37.3 Å². The third-order valence-corrected chi connectivity index (χ3v) is 3.76. The average molecular weight is 302 g/mol. The highest BCUT2D eigenvalue weighted by Gasteiger charge is 2.25. The van der Waals surface area contributed by atoms with Gasteiger partial charge in [-0.25, -0.2) is 4.39 Å². The van der Waals surface area contributed by atoms with Crippen molar-refractivity contribution in [3.8, 4) is 5.75 Å². The van der Waals surface area contributed by atoms with Crippen molar-refractivity contribution in [3.63, 3.8) is 0 Å². The van der Waals surface area contributed by atoms with Crippen molar-refractivity contribution in [2.24, 2.45) is 0 Å². The van der Waals surface area contributed by atoms with E-state index in [0.29, 0.717) is 16.9 Å². The summed E-state index contributed by atoms with van der Waals surface area (Å²) in [6.07, 6.45) is 0.883. The Morgan fingerprint density at radius 2 is 2.00 bits per heavy atom. The van der Waals surface area contributed by atoms with E-state index in [-0.39, 0.29) is 12.2 Å². The quantitative estimate of drug-likeness (QED) is 0.882. The molecule has 22 heavy (non-hydrogen) atoms. The Kier molecular flexibility index (Phi) is 5.15. The monoisotopic (exact) mass is 302 g/mol.